The summed E-state index contributed by atoms with van der Waals surface area (Å²) in [7, 11) is -3.81. The fourth-order valence-electron chi connectivity index (χ4n) is 1.93. The van der Waals surface area contributed by atoms with E-state index < -0.39 is 21.7 Å². The van der Waals surface area contributed by atoms with Crippen LogP contribution in [0.1, 0.15) is 11.1 Å². The summed E-state index contributed by atoms with van der Waals surface area (Å²) in [6.45, 7) is 1.78. The first-order valence-corrected chi connectivity index (χ1v) is 7.62. The normalized spacial score (nSPS) is 11.4. The maximum absolute atomic E-state index is 13.1. The van der Waals surface area contributed by atoms with E-state index in [2.05, 4.69) is 5.32 Å². The molecule has 0 radical (unpaired) electrons. The Morgan fingerprint density at radius 1 is 1.10 bits per heavy atom. The molecule has 0 aromatic heterocycles. The summed E-state index contributed by atoms with van der Waals surface area (Å²) in [5, 5.41) is 8.02. The molecule has 2 rings (SSSR count). The highest BCUT2D eigenvalue weighted by molar-refractivity contribution is 7.89. The third-order valence-electron chi connectivity index (χ3n) is 2.91. The molecule has 0 aliphatic heterocycles. The van der Waals surface area contributed by atoms with E-state index in [0.717, 1.165) is 6.07 Å². The van der Waals surface area contributed by atoms with Crippen molar-refractivity contribution in [3.05, 3.63) is 59.2 Å². The molecular weight excluding hydrogens is 298 g/mol. The third-order valence-corrected chi connectivity index (χ3v) is 3.97. The molecular formula is C14H14F2N2O2S. The van der Waals surface area contributed by atoms with Crippen molar-refractivity contribution >= 4 is 15.7 Å². The third kappa shape index (κ3) is 3.99. The molecule has 0 atom stereocenters. The quantitative estimate of drug-likeness (QED) is 0.911. The fraction of sp³-hybridized carbons (Fsp3) is 0.143. The number of aryl methyl sites for hydroxylation is 1. The van der Waals surface area contributed by atoms with Crippen LogP contribution >= 0.6 is 0 Å². The summed E-state index contributed by atoms with van der Waals surface area (Å²) >= 11 is 0. The zero-order valence-electron chi connectivity index (χ0n) is 11.2. The molecule has 0 aliphatic rings. The van der Waals surface area contributed by atoms with Crippen LogP contribution in [0.5, 0.6) is 0 Å². The summed E-state index contributed by atoms with van der Waals surface area (Å²) in [5.41, 5.74) is 1.43. The Hall–Kier alpha value is -1.99. The van der Waals surface area contributed by atoms with E-state index in [0.29, 0.717) is 16.8 Å². The van der Waals surface area contributed by atoms with Crippen LogP contribution in [0.3, 0.4) is 0 Å². The molecule has 0 aliphatic carbocycles. The van der Waals surface area contributed by atoms with Gasteiger partial charge in [-0.05, 0) is 42.3 Å². The van der Waals surface area contributed by atoms with Gasteiger partial charge < -0.3 is 5.32 Å². The van der Waals surface area contributed by atoms with E-state index in [-0.39, 0.29) is 11.4 Å². The van der Waals surface area contributed by atoms with E-state index >= 15 is 0 Å². The molecule has 0 amide bonds. The summed E-state index contributed by atoms with van der Waals surface area (Å²) in [5.74, 6) is -1.33. The number of halogens is 2. The Bertz CT molecular complexity index is 756. The number of benzene rings is 2. The molecule has 3 N–H and O–H groups in total. The van der Waals surface area contributed by atoms with Gasteiger partial charge in [-0.15, -0.1) is 0 Å². The number of hydrogen-bond donors (Lipinski definition) is 2. The number of nitrogens with two attached hydrogens (primary N) is 1. The number of rotatable bonds is 4. The van der Waals surface area contributed by atoms with Gasteiger partial charge in [0.15, 0.2) is 0 Å². The van der Waals surface area contributed by atoms with Crippen molar-refractivity contribution in [2.24, 2.45) is 5.14 Å². The van der Waals surface area contributed by atoms with Gasteiger partial charge in [0.1, 0.15) is 11.6 Å². The van der Waals surface area contributed by atoms with Crippen LogP contribution in [0.2, 0.25) is 0 Å². The van der Waals surface area contributed by atoms with Crippen molar-refractivity contribution in [1.29, 1.82) is 0 Å². The van der Waals surface area contributed by atoms with E-state index in [4.69, 9.17) is 5.14 Å². The summed E-state index contributed by atoms with van der Waals surface area (Å²) in [6, 6.07) is 7.85. The van der Waals surface area contributed by atoms with Gasteiger partial charge >= 0.3 is 0 Å². The Morgan fingerprint density at radius 2 is 1.71 bits per heavy atom. The van der Waals surface area contributed by atoms with Crippen LogP contribution in [0, 0.1) is 18.6 Å². The van der Waals surface area contributed by atoms with Crippen molar-refractivity contribution in [3.63, 3.8) is 0 Å². The first-order valence-electron chi connectivity index (χ1n) is 6.08. The SMILES string of the molecule is Cc1ccc(NCc2cc(F)cc(F)c2)cc1S(N)(=O)=O. The molecule has 0 fully saturated rings. The van der Waals surface area contributed by atoms with Crippen molar-refractivity contribution in [2.45, 2.75) is 18.4 Å². The van der Waals surface area contributed by atoms with Gasteiger partial charge in [0.2, 0.25) is 10.0 Å². The number of hydrogen-bond acceptors (Lipinski definition) is 3. The zero-order valence-corrected chi connectivity index (χ0v) is 12.0. The maximum Gasteiger partial charge on any atom is 0.238 e. The van der Waals surface area contributed by atoms with Crippen LogP contribution in [0.15, 0.2) is 41.3 Å². The molecule has 0 saturated carbocycles. The predicted octanol–water partition coefficient (Wildman–Crippen LogP) is 2.53. The van der Waals surface area contributed by atoms with Crippen LogP contribution in [-0.4, -0.2) is 8.42 Å². The average Bonchev–Trinajstić information content (AvgIpc) is 2.35. The minimum absolute atomic E-state index is 0.0120. The summed E-state index contributed by atoms with van der Waals surface area (Å²) in [6.07, 6.45) is 0. The van der Waals surface area contributed by atoms with Crippen molar-refractivity contribution < 1.29 is 17.2 Å². The first-order chi connectivity index (χ1) is 9.75. The van der Waals surface area contributed by atoms with Crippen molar-refractivity contribution in [1.82, 2.24) is 0 Å². The zero-order chi connectivity index (χ0) is 15.6. The average molecular weight is 312 g/mol. The lowest BCUT2D eigenvalue weighted by Gasteiger charge is -2.10. The molecule has 112 valence electrons. The van der Waals surface area contributed by atoms with Crippen LogP contribution in [0.4, 0.5) is 14.5 Å². The molecule has 7 heteroatoms. The van der Waals surface area contributed by atoms with Gasteiger partial charge in [0.25, 0.3) is 0 Å². The van der Waals surface area contributed by atoms with E-state index in [1.807, 2.05) is 0 Å². The molecule has 2 aromatic rings. The second-order valence-corrected chi connectivity index (χ2v) is 6.19. The summed E-state index contributed by atoms with van der Waals surface area (Å²) in [4.78, 5) is 0.0120. The lowest BCUT2D eigenvalue weighted by molar-refractivity contribution is 0.580. The van der Waals surface area contributed by atoms with Gasteiger partial charge in [-0.3, -0.25) is 0 Å². The molecule has 4 nitrogen and oxygen atoms in total. The second-order valence-electron chi connectivity index (χ2n) is 4.66. The standard InChI is InChI=1S/C14H14F2N2O2S/c1-9-2-3-13(7-14(9)21(17,19)20)18-8-10-4-11(15)6-12(16)5-10/h2-7,18H,8H2,1H3,(H2,17,19,20). The van der Waals surface area contributed by atoms with Gasteiger partial charge in [-0.25, -0.2) is 22.3 Å². The van der Waals surface area contributed by atoms with Crippen molar-refractivity contribution in [3.8, 4) is 0 Å². The van der Waals surface area contributed by atoms with Crippen LogP contribution in [-0.2, 0) is 16.6 Å². The van der Waals surface area contributed by atoms with Crippen molar-refractivity contribution in [2.75, 3.05) is 5.32 Å². The van der Waals surface area contributed by atoms with Gasteiger partial charge in [-0.2, -0.15) is 0 Å². The van der Waals surface area contributed by atoms with Gasteiger partial charge in [0, 0.05) is 18.3 Å². The molecule has 0 spiro atoms. The topological polar surface area (TPSA) is 72.2 Å². The number of anilines is 1. The highest BCUT2D eigenvalue weighted by Crippen LogP contribution is 2.20. The number of sulfonamides is 1. The first kappa shape index (κ1) is 15.4. The second kappa shape index (κ2) is 5.79. The Labute approximate surface area is 121 Å². The molecule has 21 heavy (non-hydrogen) atoms. The minimum atomic E-state index is -3.81. The molecule has 0 unspecified atom stereocenters. The number of nitrogens with one attached hydrogen (secondary N) is 1. The molecule has 0 heterocycles. The summed E-state index contributed by atoms with van der Waals surface area (Å²) < 4.78 is 49.0. The fourth-order valence-corrected chi connectivity index (χ4v) is 2.74. The Morgan fingerprint density at radius 3 is 2.29 bits per heavy atom. The lowest BCUT2D eigenvalue weighted by Crippen LogP contribution is -2.14. The van der Waals surface area contributed by atoms with Crippen LogP contribution < -0.4 is 10.5 Å². The van der Waals surface area contributed by atoms with Crippen LogP contribution in [0.25, 0.3) is 0 Å². The Balaban J connectivity index is 2.21. The molecule has 2 aromatic carbocycles. The molecule has 0 bridgehead atoms. The minimum Gasteiger partial charge on any atom is -0.381 e. The highest BCUT2D eigenvalue weighted by atomic mass is 32.2. The molecule has 0 saturated heterocycles. The van der Waals surface area contributed by atoms with E-state index in [1.165, 1.54) is 18.2 Å². The highest BCUT2D eigenvalue weighted by Gasteiger charge is 2.12. The van der Waals surface area contributed by atoms with Gasteiger partial charge in [-0.1, -0.05) is 6.07 Å². The lowest BCUT2D eigenvalue weighted by atomic mass is 10.2. The van der Waals surface area contributed by atoms with E-state index in [1.54, 1.807) is 19.1 Å². The van der Waals surface area contributed by atoms with E-state index in [9.17, 15) is 17.2 Å². The monoisotopic (exact) mass is 312 g/mol. The number of primary sulfonamides is 1. The largest absolute Gasteiger partial charge is 0.381 e. The maximum atomic E-state index is 13.1. The predicted molar refractivity (Wildman–Crippen MR) is 76.2 cm³/mol. The Kier molecular flexibility index (Phi) is 4.24. The smallest absolute Gasteiger partial charge is 0.238 e. The van der Waals surface area contributed by atoms with Gasteiger partial charge in [0.05, 0.1) is 4.90 Å².